The number of carbonyl (C=O) groups excluding carboxylic acids is 2. The molecule has 5 atom stereocenters. The zero-order valence-electron chi connectivity index (χ0n) is 18.3. The van der Waals surface area contributed by atoms with E-state index in [4.69, 9.17) is 0 Å². The Bertz CT molecular complexity index is 1070. The van der Waals surface area contributed by atoms with Gasteiger partial charge in [0.15, 0.2) is 17.2 Å². The first-order valence-corrected chi connectivity index (χ1v) is 11.5. The van der Waals surface area contributed by atoms with Crippen LogP contribution >= 0.6 is 0 Å². The Hall–Kier alpha value is -2.51. The van der Waals surface area contributed by atoms with E-state index in [1.54, 1.807) is 6.92 Å². The summed E-state index contributed by atoms with van der Waals surface area (Å²) < 4.78 is 0. The summed E-state index contributed by atoms with van der Waals surface area (Å²) in [5.74, 6) is 0.980. The fourth-order valence-electron chi connectivity index (χ4n) is 7.10. The standard InChI is InChI=1S/C27H29NO3/c1-16(29)17-3-5-18(6-4-17)23-14-26(2)24(11-12-27(26,31)15-28)22-9-7-19-13-20(30)8-10-21(19)25(22)23/h3-6,13,22-24,31H,7-12,14H2,1-2H3/t22-,23+,24-,26-,27-/m0/s1. The molecule has 1 aromatic carbocycles. The summed E-state index contributed by atoms with van der Waals surface area (Å²) in [6, 6.07) is 10.1. The summed E-state index contributed by atoms with van der Waals surface area (Å²) in [4.78, 5) is 23.9. The highest BCUT2D eigenvalue weighted by Crippen LogP contribution is 2.66. The van der Waals surface area contributed by atoms with E-state index in [2.05, 4.69) is 13.0 Å². The van der Waals surface area contributed by atoms with Crippen molar-refractivity contribution in [3.63, 3.8) is 0 Å². The van der Waals surface area contributed by atoms with Gasteiger partial charge in [0.05, 0.1) is 6.07 Å². The van der Waals surface area contributed by atoms with Crippen LogP contribution in [0.15, 0.2) is 47.1 Å². The van der Waals surface area contributed by atoms with Crippen molar-refractivity contribution in [2.24, 2.45) is 17.3 Å². The van der Waals surface area contributed by atoms with E-state index in [1.165, 1.54) is 16.7 Å². The maximum atomic E-state index is 12.1. The number of Topliss-reactive ketones (excluding diaryl/α,β-unsaturated/α-hetero) is 1. The second-order valence-electron chi connectivity index (χ2n) is 10.2. The molecule has 0 bridgehead atoms. The van der Waals surface area contributed by atoms with Crippen molar-refractivity contribution < 1.29 is 14.7 Å². The van der Waals surface area contributed by atoms with Gasteiger partial charge in [-0.3, -0.25) is 9.59 Å². The molecule has 4 nitrogen and oxygen atoms in total. The number of hydrogen-bond donors (Lipinski definition) is 1. The molecular weight excluding hydrogens is 386 g/mol. The number of nitriles is 1. The monoisotopic (exact) mass is 415 g/mol. The summed E-state index contributed by atoms with van der Waals surface area (Å²) in [5.41, 5.74) is 4.05. The third kappa shape index (κ3) is 2.90. The molecule has 4 aliphatic rings. The molecule has 0 radical (unpaired) electrons. The molecule has 2 fully saturated rings. The van der Waals surface area contributed by atoms with Gasteiger partial charge in [0.25, 0.3) is 0 Å². The second kappa shape index (κ2) is 7.00. The van der Waals surface area contributed by atoms with Crippen LogP contribution in [0.3, 0.4) is 0 Å². The molecule has 4 aliphatic carbocycles. The molecule has 0 saturated heterocycles. The number of carbonyl (C=O) groups is 2. The lowest BCUT2D eigenvalue weighted by atomic mass is 9.51. The Morgan fingerprint density at radius 2 is 1.90 bits per heavy atom. The molecule has 1 aromatic rings. The molecule has 0 spiro atoms. The molecule has 0 aromatic heterocycles. The molecule has 160 valence electrons. The Labute approximate surface area is 183 Å². The van der Waals surface area contributed by atoms with Crippen LogP contribution < -0.4 is 0 Å². The van der Waals surface area contributed by atoms with Crippen molar-refractivity contribution >= 4 is 11.6 Å². The average Bonchev–Trinajstić information content (AvgIpc) is 3.04. The van der Waals surface area contributed by atoms with E-state index in [0.29, 0.717) is 24.3 Å². The van der Waals surface area contributed by atoms with E-state index in [0.717, 1.165) is 37.7 Å². The Morgan fingerprint density at radius 3 is 2.58 bits per heavy atom. The molecule has 5 rings (SSSR count). The van der Waals surface area contributed by atoms with Crippen molar-refractivity contribution in [2.45, 2.75) is 70.3 Å². The van der Waals surface area contributed by atoms with Gasteiger partial charge in [-0.15, -0.1) is 0 Å². The van der Waals surface area contributed by atoms with E-state index in [9.17, 15) is 20.0 Å². The molecular formula is C27H29NO3. The fourth-order valence-corrected chi connectivity index (χ4v) is 7.10. The first-order chi connectivity index (χ1) is 14.8. The van der Waals surface area contributed by atoms with Crippen LogP contribution in [0.5, 0.6) is 0 Å². The molecule has 0 amide bonds. The molecule has 2 saturated carbocycles. The molecule has 4 heteroatoms. The largest absolute Gasteiger partial charge is 0.375 e. The van der Waals surface area contributed by atoms with Crippen molar-refractivity contribution in [3.05, 3.63) is 58.2 Å². The first-order valence-electron chi connectivity index (χ1n) is 11.5. The molecule has 0 aliphatic heterocycles. The Kier molecular flexibility index (Phi) is 4.61. The minimum atomic E-state index is -1.30. The van der Waals surface area contributed by atoms with Crippen LogP contribution in [0, 0.1) is 28.6 Å². The minimum absolute atomic E-state index is 0.0467. The van der Waals surface area contributed by atoms with Gasteiger partial charge in [-0.1, -0.05) is 36.8 Å². The van der Waals surface area contributed by atoms with Gasteiger partial charge >= 0.3 is 0 Å². The zero-order valence-corrected chi connectivity index (χ0v) is 18.3. The lowest BCUT2D eigenvalue weighted by Crippen LogP contribution is -2.50. The van der Waals surface area contributed by atoms with Gasteiger partial charge in [0.2, 0.25) is 0 Å². The Morgan fingerprint density at radius 1 is 1.16 bits per heavy atom. The van der Waals surface area contributed by atoms with E-state index >= 15 is 0 Å². The third-order valence-electron chi connectivity index (χ3n) is 8.79. The molecule has 1 N–H and O–H groups in total. The van der Waals surface area contributed by atoms with Crippen LogP contribution in [-0.4, -0.2) is 22.3 Å². The lowest BCUT2D eigenvalue weighted by Gasteiger charge is -2.53. The lowest BCUT2D eigenvalue weighted by molar-refractivity contribution is -0.114. The highest BCUT2D eigenvalue weighted by Gasteiger charge is 2.63. The fraction of sp³-hybridized carbons (Fsp3) is 0.519. The van der Waals surface area contributed by atoms with Gasteiger partial charge in [-0.05, 0) is 80.1 Å². The predicted molar refractivity (Wildman–Crippen MR) is 117 cm³/mol. The third-order valence-corrected chi connectivity index (χ3v) is 8.79. The number of fused-ring (bicyclic) bond motifs is 4. The second-order valence-corrected chi connectivity index (χ2v) is 10.2. The van der Waals surface area contributed by atoms with Crippen LogP contribution in [0.1, 0.15) is 80.6 Å². The zero-order chi connectivity index (χ0) is 22.0. The number of hydrogen-bond acceptors (Lipinski definition) is 4. The van der Waals surface area contributed by atoms with E-state index in [1.807, 2.05) is 30.3 Å². The summed E-state index contributed by atoms with van der Waals surface area (Å²) >= 11 is 0. The summed E-state index contributed by atoms with van der Waals surface area (Å²) in [7, 11) is 0. The van der Waals surface area contributed by atoms with Crippen LogP contribution in [0.4, 0.5) is 0 Å². The van der Waals surface area contributed by atoms with E-state index in [-0.39, 0.29) is 23.4 Å². The van der Waals surface area contributed by atoms with Gasteiger partial charge in [0.1, 0.15) is 0 Å². The van der Waals surface area contributed by atoms with Crippen LogP contribution in [0.2, 0.25) is 0 Å². The highest BCUT2D eigenvalue weighted by atomic mass is 16.3. The minimum Gasteiger partial charge on any atom is -0.375 e. The number of aliphatic hydroxyl groups is 1. The quantitative estimate of drug-likeness (QED) is 0.542. The van der Waals surface area contributed by atoms with Crippen molar-refractivity contribution in [1.82, 2.24) is 0 Å². The topological polar surface area (TPSA) is 78.2 Å². The average molecular weight is 416 g/mol. The van der Waals surface area contributed by atoms with Crippen LogP contribution in [-0.2, 0) is 4.79 Å². The van der Waals surface area contributed by atoms with Gasteiger partial charge < -0.3 is 5.11 Å². The number of benzene rings is 1. The first kappa shape index (κ1) is 20.4. The van der Waals surface area contributed by atoms with Crippen molar-refractivity contribution in [3.8, 4) is 6.07 Å². The number of rotatable bonds is 2. The Balaban J connectivity index is 1.68. The smallest absolute Gasteiger partial charge is 0.159 e. The maximum Gasteiger partial charge on any atom is 0.159 e. The number of ketones is 2. The summed E-state index contributed by atoms with van der Waals surface area (Å²) in [5, 5.41) is 21.2. The van der Waals surface area contributed by atoms with Gasteiger partial charge in [-0.25, -0.2) is 0 Å². The molecule has 31 heavy (non-hydrogen) atoms. The predicted octanol–water partition coefficient (Wildman–Crippen LogP) is 5.04. The van der Waals surface area contributed by atoms with Gasteiger partial charge in [-0.2, -0.15) is 5.26 Å². The normalized spacial score (nSPS) is 36.8. The molecule has 0 heterocycles. The number of nitrogens with zero attached hydrogens (tertiary/aromatic N) is 1. The molecule has 0 unspecified atom stereocenters. The van der Waals surface area contributed by atoms with Gasteiger partial charge in [0, 0.05) is 23.3 Å². The SMILES string of the molecule is CC(=O)c1ccc([C@H]2C[C@@]3(C)[C@@H](CC[C@]3(O)C#N)[C@@H]3CCC4=CC(=O)CCC4=C32)cc1. The number of allylic oxidation sites excluding steroid dienone is 4. The van der Waals surface area contributed by atoms with Crippen molar-refractivity contribution in [2.75, 3.05) is 0 Å². The van der Waals surface area contributed by atoms with E-state index < -0.39 is 11.0 Å². The highest BCUT2D eigenvalue weighted by molar-refractivity contribution is 5.94. The summed E-state index contributed by atoms with van der Waals surface area (Å²) in [6.45, 7) is 3.69. The van der Waals surface area contributed by atoms with Crippen LogP contribution in [0.25, 0.3) is 0 Å². The summed E-state index contributed by atoms with van der Waals surface area (Å²) in [6.07, 6.45) is 7.21. The van der Waals surface area contributed by atoms with Crippen molar-refractivity contribution in [1.29, 1.82) is 5.26 Å². The maximum absolute atomic E-state index is 12.1.